The SMILES string of the molecule is CCS(=O)(=O)Nc1ccc2c(c1)OC[C@H](C)NC[C@@H](C)[C@@H](OC)CN(C)C2=O. The lowest BCUT2D eigenvalue weighted by atomic mass is 10.0. The molecule has 0 aliphatic carbocycles. The van der Waals surface area contributed by atoms with Gasteiger partial charge in [-0.2, -0.15) is 0 Å². The van der Waals surface area contributed by atoms with Crippen molar-refractivity contribution in [2.24, 2.45) is 5.92 Å². The standard InChI is InChI=1S/C19H31N3O5S/c1-6-28(24,25)21-15-7-8-16-17(9-15)27-12-14(3)20-10-13(2)18(26-5)11-22(4)19(16)23/h7-9,13-14,18,20-21H,6,10-12H2,1-5H3/t13-,14+,18+/m1/s1. The minimum Gasteiger partial charge on any atom is -0.491 e. The van der Waals surface area contributed by atoms with Gasteiger partial charge >= 0.3 is 0 Å². The normalized spacial score (nSPS) is 24.5. The van der Waals surface area contributed by atoms with Crippen molar-refractivity contribution in [3.63, 3.8) is 0 Å². The number of carbonyl (C=O) groups excluding carboxylic acids is 1. The lowest BCUT2D eigenvalue weighted by molar-refractivity contribution is 0.0281. The molecule has 0 radical (unpaired) electrons. The fourth-order valence-electron chi connectivity index (χ4n) is 2.97. The summed E-state index contributed by atoms with van der Waals surface area (Å²) in [6.45, 7) is 7.16. The van der Waals surface area contributed by atoms with Crippen LogP contribution in [0.25, 0.3) is 0 Å². The first-order valence-corrected chi connectivity index (χ1v) is 11.1. The highest BCUT2D eigenvalue weighted by atomic mass is 32.2. The number of rotatable bonds is 4. The van der Waals surface area contributed by atoms with E-state index in [1.807, 2.05) is 6.92 Å². The van der Waals surface area contributed by atoms with Crippen LogP contribution >= 0.6 is 0 Å². The molecular formula is C19H31N3O5S. The van der Waals surface area contributed by atoms with Gasteiger partial charge in [0.15, 0.2) is 0 Å². The van der Waals surface area contributed by atoms with Gasteiger partial charge in [-0.05, 0) is 31.9 Å². The van der Waals surface area contributed by atoms with Crippen LogP contribution in [0.4, 0.5) is 5.69 Å². The van der Waals surface area contributed by atoms with Crippen LogP contribution in [-0.4, -0.2) is 71.0 Å². The molecule has 1 aliphatic heterocycles. The number of likely N-dealkylation sites (N-methyl/N-ethyl adjacent to an activating group) is 1. The summed E-state index contributed by atoms with van der Waals surface area (Å²) in [6.07, 6.45) is -0.104. The second-order valence-electron chi connectivity index (χ2n) is 7.27. The Morgan fingerprint density at radius 3 is 2.71 bits per heavy atom. The van der Waals surface area contributed by atoms with E-state index in [4.69, 9.17) is 9.47 Å². The predicted molar refractivity (Wildman–Crippen MR) is 109 cm³/mol. The van der Waals surface area contributed by atoms with Gasteiger partial charge in [-0.3, -0.25) is 9.52 Å². The molecule has 1 amide bonds. The molecule has 1 heterocycles. The average Bonchev–Trinajstić information content (AvgIpc) is 2.67. The van der Waals surface area contributed by atoms with E-state index in [1.165, 1.54) is 0 Å². The van der Waals surface area contributed by atoms with Crippen LogP contribution < -0.4 is 14.8 Å². The van der Waals surface area contributed by atoms with Gasteiger partial charge in [0.1, 0.15) is 12.4 Å². The van der Waals surface area contributed by atoms with Gasteiger partial charge in [-0.1, -0.05) is 6.92 Å². The Labute approximate surface area is 167 Å². The van der Waals surface area contributed by atoms with Crippen molar-refractivity contribution in [3.8, 4) is 5.75 Å². The van der Waals surface area contributed by atoms with Crippen molar-refractivity contribution in [1.82, 2.24) is 10.2 Å². The number of benzene rings is 1. The Kier molecular flexibility index (Phi) is 7.68. The number of nitrogens with zero attached hydrogens (tertiary/aromatic N) is 1. The third-order valence-electron chi connectivity index (χ3n) is 4.88. The molecule has 1 aliphatic rings. The van der Waals surface area contributed by atoms with E-state index in [2.05, 4.69) is 17.0 Å². The number of ether oxygens (including phenoxy) is 2. The molecule has 0 bridgehead atoms. The van der Waals surface area contributed by atoms with E-state index in [1.54, 1.807) is 44.2 Å². The van der Waals surface area contributed by atoms with Crippen molar-refractivity contribution in [2.45, 2.75) is 32.9 Å². The van der Waals surface area contributed by atoms with E-state index < -0.39 is 10.0 Å². The molecule has 8 nitrogen and oxygen atoms in total. The summed E-state index contributed by atoms with van der Waals surface area (Å²) >= 11 is 0. The molecule has 2 N–H and O–H groups in total. The van der Waals surface area contributed by atoms with Crippen LogP contribution in [0, 0.1) is 5.92 Å². The van der Waals surface area contributed by atoms with Crippen molar-refractivity contribution in [2.75, 3.05) is 44.3 Å². The Balaban J connectivity index is 2.37. The summed E-state index contributed by atoms with van der Waals surface area (Å²) in [4.78, 5) is 14.6. The van der Waals surface area contributed by atoms with Gasteiger partial charge in [0.25, 0.3) is 5.91 Å². The molecule has 0 aromatic heterocycles. The van der Waals surface area contributed by atoms with E-state index in [0.717, 1.165) is 6.54 Å². The van der Waals surface area contributed by atoms with Crippen LogP contribution in [0.5, 0.6) is 5.75 Å². The molecule has 3 atom stereocenters. The summed E-state index contributed by atoms with van der Waals surface area (Å²) < 4.78 is 37.7. The van der Waals surface area contributed by atoms with E-state index in [0.29, 0.717) is 30.2 Å². The molecule has 1 aromatic rings. The van der Waals surface area contributed by atoms with Crippen LogP contribution in [0.1, 0.15) is 31.1 Å². The van der Waals surface area contributed by atoms with E-state index in [-0.39, 0.29) is 29.7 Å². The minimum absolute atomic E-state index is 0.0375. The summed E-state index contributed by atoms with van der Waals surface area (Å²) in [5, 5.41) is 3.41. The maximum absolute atomic E-state index is 13.0. The third kappa shape index (κ3) is 5.83. The van der Waals surface area contributed by atoms with Crippen molar-refractivity contribution in [3.05, 3.63) is 23.8 Å². The molecule has 0 saturated heterocycles. The number of fused-ring (bicyclic) bond motifs is 1. The maximum Gasteiger partial charge on any atom is 0.257 e. The highest BCUT2D eigenvalue weighted by Crippen LogP contribution is 2.26. The number of nitrogens with one attached hydrogen (secondary N) is 2. The number of amides is 1. The van der Waals surface area contributed by atoms with Crippen molar-refractivity contribution < 1.29 is 22.7 Å². The summed E-state index contributed by atoms with van der Waals surface area (Å²) in [5.41, 5.74) is 0.754. The van der Waals surface area contributed by atoms with Crippen molar-refractivity contribution >= 4 is 21.6 Å². The Hall–Kier alpha value is -1.84. The zero-order chi connectivity index (χ0) is 20.9. The zero-order valence-electron chi connectivity index (χ0n) is 17.2. The molecule has 0 spiro atoms. The second-order valence-corrected chi connectivity index (χ2v) is 9.28. The molecule has 2 rings (SSSR count). The molecule has 0 unspecified atom stereocenters. The largest absolute Gasteiger partial charge is 0.491 e. The van der Waals surface area contributed by atoms with Gasteiger partial charge in [0, 0.05) is 39.4 Å². The zero-order valence-corrected chi connectivity index (χ0v) is 18.0. The van der Waals surface area contributed by atoms with Gasteiger partial charge in [0.05, 0.1) is 23.1 Å². The Bertz CT molecular complexity index is 784. The lowest BCUT2D eigenvalue weighted by Crippen LogP contribution is -2.44. The number of hydrogen-bond acceptors (Lipinski definition) is 6. The number of sulfonamides is 1. The summed E-state index contributed by atoms with van der Waals surface area (Å²) in [6, 6.07) is 4.78. The maximum atomic E-state index is 13.0. The smallest absolute Gasteiger partial charge is 0.257 e. The average molecular weight is 414 g/mol. The molecule has 1 aromatic carbocycles. The molecule has 9 heteroatoms. The molecular weight excluding hydrogens is 382 g/mol. The lowest BCUT2D eigenvalue weighted by Gasteiger charge is -2.30. The van der Waals surface area contributed by atoms with Crippen LogP contribution in [0.3, 0.4) is 0 Å². The summed E-state index contributed by atoms with van der Waals surface area (Å²) in [7, 11) is -0.0474. The summed E-state index contributed by atoms with van der Waals surface area (Å²) in [5.74, 6) is 0.330. The molecule has 0 saturated carbocycles. The van der Waals surface area contributed by atoms with E-state index >= 15 is 0 Å². The number of carbonyl (C=O) groups is 1. The van der Waals surface area contributed by atoms with Gasteiger partial charge in [0.2, 0.25) is 10.0 Å². The minimum atomic E-state index is -3.42. The second kappa shape index (κ2) is 9.58. The van der Waals surface area contributed by atoms with Gasteiger partial charge in [-0.15, -0.1) is 0 Å². The van der Waals surface area contributed by atoms with Crippen LogP contribution in [0.15, 0.2) is 18.2 Å². The third-order valence-corrected chi connectivity index (χ3v) is 6.19. The number of anilines is 1. The fraction of sp³-hybridized carbons (Fsp3) is 0.632. The van der Waals surface area contributed by atoms with Gasteiger partial charge in [-0.25, -0.2) is 8.42 Å². The molecule has 0 fully saturated rings. The monoisotopic (exact) mass is 413 g/mol. The van der Waals surface area contributed by atoms with Crippen molar-refractivity contribution in [1.29, 1.82) is 0 Å². The van der Waals surface area contributed by atoms with Crippen LogP contribution in [-0.2, 0) is 14.8 Å². The first kappa shape index (κ1) is 22.4. The predicted octanol–water partition coefficient (Wildman–Crippen LogP) is 1.54. The number of hydrogen-bond donors (Lipinski definition) is 2. The molecule has 28 heavy (non-hydrogen) atoms. The highest BCUT2D eigenvalue weighted by Gasteiger charge is 2.25. The first-order valence-electron chi connectivity index (χ1n) is 9.45. The topological polar surface area (TPSA) is 97.0 Å². The molecule has 158 valence electrons. The first-order chi connectivity index (χ1) is 13.2. The van der Waals surface area contributed by atoms with E-state index in [9.17, 15) is 13.2 Å². The van der Waals surface area contributed by atoms with Gasteiger partial charge < -0.3 is 19.7 Å². The van der Waals surface area contributed by atoms with Crippen LogP contribution in [0.2, 0.25) is 0 Å². The highest BCUT2D eigenvalue weighted by molar-refractivity contribution is 7.92. The Morgan fingerprint density at radius 2 is 2.07 bits per heavy atom. The number of methoxy groups -OCH3 is 1. The quantitative estimate of drug-likeness (QED) is 0.777. The fourth-order valence-corrected chi connectivity index (χ4v) is 3.60. The Morgan fingerprint density at radius 1 is 1.36 bits per heavy atom.